The minimum Gasteiger partial charge on any atom is -0.497 e. The largest absolute Gasteiger partial charge is 0.497 e. The summed E-state index contributed by atoms with van der Waals surface area (Å²) in [5.41, 5.74) is 4.00. The number of hydrogen-bond donors (Lipinski definition) is 0. The maximum atomic E-state index is 5.75. The van der Waals surface area contributed by atoms with E-state index >= 15 is 0 Å². The molecule has 1 aromatic carbocycles. The van der Waals surface area contributed by atoms with Gasteiger partial charge in [-0.15, -0.1) is 0 Å². The van der Waals surface area contributed by atoms with Crippen molar-refractivity contribution in [2.45, 2.75) is 26.3 Å². The maximum absolute atomic E-state index is 5.75. The average Bonchev–Trinajstić information content (AvgIpc) is 3.41. The van der Waals surface area contributed by atoms with E-state index in [9.17, 15) is 0 Å². The Balaban J connectivity index is 1.71. The predicted octanol–water partition coefficient (Wildman–Crippen LogP) is 2.83. The van der Waals surface area contributed by atoms with Gasteiger partial charge in [0.1, 0.15) is 17.4 Å². The van der Waals surface area contributed by atoms with Crippen molar-refractivity contribution in [3.05, 3.63) is 29.6 Å². The van der Waals surface area contributed by atoms with Crippen LogP contribution >= 0.6 is 0 Å². The van der Waals surface area contributed by atoms with Gasteiger partial charge in [0.2, 0.25) is 0 Å². The average molecular weight is 423 g/mol. The molecular weight excluding hydrogens is 392 g/mol. The number of fused-ring (bicyclic) bond motifs is 1. The van der Waals surface area contributed by atoms with Gasteiger partial charge in [0.25, 0.3) is 0 Å². The van der Waals surface area contributed by atoms with Crippen LogP contribution < -0.4 is 9.64 Å². The highest BCUT2D eigenvalue weighted by Crippen LogP contribution is 2.36. The summed E-state index contributed by atoms with van der Waals surface area (Å²) < 4.78 is 13.4. The number of benzene rings is 1. The molecule has 8 heteroatoms. The van der Waals surface area contributed by atoms with Gasteiger partial charge in [0, 0.05) is 38.3 Å². The first-order chi connectivity index (χ1) is 15.0. The molecule has 0 unspecified atom stereocenters. The molecule has 31 heavy (non-hydrogen) atoms. The van der Waals surface area contributed by atoms with Crippen LogP contribution in [0.1, 0.15) is 23.9 Å². The summed E-state index contributed by atoms with van der Waals surface area (Å²) in [6, 6.07) is 6.37. The van der Waals surface area contributed by atoms with Gasteiger partial charge in [-0.1, -0.05) is 0 Å². The number of hydrogen-bond acceptors (Lipinski definition) is 7. The number of likely N-dealkylation sites (N-methyl/N-ethyl adjacent to an activating group) is 1. The molecule has 2 aliphatic rings. The second kappa shape index (κ2) is 8.09. The lowest BCUT2D eigenvalue weighted by Gasteiger charge is -2.33. The van der Waals surface area contributed by atoms with Crippen LogP contribution in [0.25, 0.3) is 22.6 Å². The summed E-state index contributed by atoms with van der Waals surface area (Å²) in [6.45, 7) is 9.45. The molecular formula is C23H30N6O2. The zero-order valence-electron chi connectivity index (χ0n) is 18.8. The van der Waals surface area contributed by atoms with Crippen molar-refractivity contribution >= 4 is 17.0 Å². The van der Waals surface area contributed by atoms with Crippen molar-refractivity contribution in [3.8, 4) is 17.1 Å². The molecule has 2 aliphatic heterocycles. The van der Waals surface area contributed by atoms with Crippen molar-refractivity contribution in [1.82, 2.24) is 24.4 Å². The quantitative estimate of drug-likeness (QED) is 0.640. The molecule has 3 aromatic rings. The number of aromatic nitrogens is 4. The molecule has 0 N–H and O–H groups in total. The standard InChI is InChI=1S/C23H30N6O2/c1-15-13-18(30-4)5-6-19(15)21-26-20-22(28-10-8-27(3)9-11-28)24-16(2)25-23(20)29(21)17-7-12-31-14-17/h5-6,13,17H,7-12,14H2,1-4H3/t17-/m1/s1. The SMILES string of the molecule is COc1ccc(-c2nc3c(N4CCN(C)CC4)nc(C)nc3n2[C@@H]2CCOC2)c(C)c1. The maximum Gasteiger partial charge on any atom is 0.166 e. The lowest BCUT2D eigenvalue weighted by atomic mass is 10.1. The number of ether oxygens (including phenoxy) is 2. The fraction of sp³-hybridized carbons (Fsp3) is 0.522. The van der Waals surface area contributed by atoms with Gasteiger partial charge in [-0.05, 0) is 51.1 Å². The van der Waals surface area contributed by atoms with Crippen molar-refractivity contribution in [1.29, 1.82) is 0 Å². The highest BCUT2D eigenvalue weighted by molar-refractivity contribution is 5.88. The van der Waals surface area contributed by atoms with Gasteiger partial charge in [-0.2, -0.15) is 0 Å². The third kappa shape index (κ3) is 3.64. The van der Waals surface area contributed by atoms with Crippen LogP contribution in [0.2, 0.25) is 0 Å². The molecule has 0 aliphatic carbocycles. The van der Waals surface area contributed by atoms with Crippen LogP contribution in [0.5, 0.6) is 5.75 Å². The minimum absolute atomic E-state index is 0.219. The highest BCUT2D eigenvalue weighted by Gasteiger charge is 2.29. The van der Waals surface area contributed by atoms with Crippen molar-refractivity contribution in [3.63, 3.8) is 0 Å². The molecule has 0 radical (unpaired) electrons. The van der Waals surface area contributed by atoms with Gasteiger partial charge in [0.15, 0.2) is 17.0 Å². The molecule has 1 atom stereocenters. The van der Waals surface area contributed by atoms with Gasteiger partial charge in [-0.3, -0.25) is 0 Å². The first-order valence-electron chi connectivity index (χ1n) is 11.0. The molecule has 5 rings (SSSR count). The van der Waals surface area contributed by atoms with Crippen LogP contribution in [-0.2, 0) is 4.74 Å². The topological polar surface area (TPSA) is 68.5 Å². The number of aryl methyl sites for hydroxylation is 2. The summed E-state index contributed by atoms with van der Waals surface area (Å²) in [5.74, 6) is 3.50. The molecule has 8 nitrogen and oxygen atoms in total. The van der Waals surface area contributed by atoms with E-state index in [4.69, 9.17) is 24.4 Å². The Morgan fingerprint density at radius 2 is 1.87 bits per heavy atom. The molecule has 0 bridgehead atoms. The summed E-state index contributed by atoms with van der Waals surface area (Å²) in [6.07, 6.45) is 0.959. The zero-order valence-corrected chi connectivity index (χ0v) is 18.8. The fourth-order valence-corrected chi connectivity index (χ4v) is 4.58. The van der Waals surface area contributed by atoms with E-state index in [0.29, 0.717) is 6.61 Å². The predicted molar refractivity (Wildman–Crippen MR) is 121 cm³/mol. The van der Waals surface area contributed by atoms with Crippen LogP contribution in [0.15, 0.2) is 18.2 Å². The van der Waals surface area contributed by atoms with E-state index in [1.54, 1.807) is 7.11 Å². The van der Waals surface area contributed by atoms with E-state index in [2.05, 4.69) is 40.5 Å². The van der Waals surface area contributed by atoms with Crippen molar-refractivity contribution in [2.75, 3.05) is 58.5 Å². The van der Waals surface area contributed by atoms with Crippen LogP contribution in [0, 0.1) is 13.8 Å². The molecule has 0 amide bonds. The fourth-order valence-electron chi connectivity index (χ4n) is 4.58. The van der Waals surface area contributed by atoms with Crippen LogP contribution in [-0.4, -0.2) is 78.0 Å². The molecule has 0 saturated carbocycles. The van der Waals surface area contributed by atoms with Crippen LogP contribution in [0.3, 0.4) is 0 Å². The van der Waals surface area contributed by atoms with Crippen molar-refractivity contribution in [2.24, 2.45) is 0 Å². The minimum atomic E-state index is 0.219. The first kappa shape index (κ1) is 20.2. The molecule has 2 fully saturated rings. The summed E-state index contributed by atoms with van der Waals surface area (Å²) in [4.78, 5) is 19.6. The lowest BCUT2D eigenvalue weighted by Crippen LogP contribution is -2.45. The van der Waals surface area contributed by atoms with E-state index in [1.807, 2.05) is 13.0 Å². The number of imidazole rings is 1. The van der Waals surface area contributed by atoms with E-state index in [-0.39, 0.29) is 6.04 Å². The zero-order chi connectivity index (χ0) is 21.5. The number of nitrogens with zero attached hydrogens (tertiary/aromatic N) is 6. The second-order valence-corrected chi connectivity index (χ2v) is 8.56. The number of piperazine rings is 1. The Morgan fingerprint density at radius 1 is 1.06 bits per heavy atom. The third-order valence-electron chi connectivity index (χ3n) is 6.38. The molecule has 2 aromatic heterocycles. The second-order valence-electron chi connectivity index (χ2n) is 8.56. The molecule has 2 saturated heterocycles. The monoisotopic (exact) mass is 422 g/mol. The van der Waals surface area contributed by atoms with Gasteiger partial charge in [-0.25, -0.2) is 15.0 Å². The Labute approximate surface area is 182 Å². The molecule has 4 heterocycles. The summed E-state index contributed by atoms with van der Waals surface area (Å²) in [7, 11) is 3.86. The highest BCUT2D eigenvalue weighted by atomic mass is 16.5. The summed E-state index contributed by atoms with van der Waals surface area (Å²) in [5, 5.41) is 0. The normalized spacial score (nSPS) is 20.0. The van der Waals surface area contributed by atoms with Gasteiger partial charge < -0.3 is 23.8 Å². The molecule has 0 spiro atoms. The lowest BCUT2D eigenvalue weighted by molar-refractivity contribution is 0.187. The Kier molecular flexibility index (Phi) is 5.27. The van der Waals surface area contributed by atoms with Crippen LogP contribution in [0.4, 0.5) is 5.82 Å². The van der Waals surface area contributed by atoms with E-state index in [0.717, 1.165) is 84.7 Å². The van der Waals surface area contributed by atoms with Gasteiger partial charge >= 0.3 is 0 Å². The number of rotatable bonds is 4. The third-order valence-corrected chi connectivity index (χ3v) is 6.38. The van der Waals surface area contributed by atoms with Gasteiger partial charge in [0.05, 0.1) is 19.8 Å². The Morgan fingerprint density at radius 3 is 2.55 bits per heavy atom. The van der Waals surface area contributed by atoms with E-state index in [1.165, 1.54) is 0 Å². The Hall–Kier alpha value is -2.71. The first-order valence-corrected chi connectivity index (χ1v) is 11.0. The molecule has 164 valence electrons. The summed E-state index contributed by atoms with van der Waals surface area (Å²) >= 11 is 0. The van der Waals surface area contributed by atoms with E-state index < -0.39 is 0 Å². The Bertz CT molecular complexity index is 1100. The van der Waals surface area contributed by atoms with Crippen molar-refractivity contribution < 1.29 is 9.47 Å². The number of methoxy groups -OCH3 is 1. The number of anilines is 1. The smallest absolute Gasteiger partial charge is 0.166 e.